The highest BCUT2D eigenvalue weighted by Crippen LogP contribution is 2.22. The minimum absolute atomic E-state index is 0.0691. The maximum absolute atomic E-state index is 12.6. The number of carbonyl (C=O) groups excluding carboxylic acids is 1. The maximum Gasteiger partial charge on any atom is 0.261 e. The minimum atomic E-state index is -3.30. The first-order valence-electron chi connectivity index (χ1n) is 9.82. The molecule has 1 fully saturated rings. The van der Waals surface area contributed by atoms with Crippen molar-refractivity contribution >= 4 is 21.6 Å². The van der Waals surface area contributed by atoms with Gasteiger partial charge in [0.05, 0.1) is 11.9 Å². The van der Waals surface area contributed by atoms with Crippen LogP contribution in [0.25, 0.3) is 0 Å². The summed E-state index contributed by atoms with van der Waals surface area (Å²) >= 11 is 0. The van der Waals surface area contributed by atoms with Crippen LogP contribution in [0.3, 0.4) is 0 Å². The topological polar surface area (TPSA) is 75.7 Å². The highest BCUT2D eigenvalue weighted by Gasteiger charge is 2.22. The molecular formula is C20H32N2O4S. The van der Waals surface area contributed by atoms with Gasteiger partial charge in [0.1, 0.15) is 5.75 Å². The third kappa shape index (κ3) is 6.72. The van der Waals surface area contributed by atoms with Crippen LogP contribution >= 0.6 is 0 Å². The Hall–Kier alpha value is -1.76. The molecule has 7 heteroatoms. The molecule has 0 spiro atoms. The normalized spacial score (nSPS) is 17.4. The Kier molecular flexibility index (Phi) is 7.95. The van der Waals surface area contributed by atoms with Crippen LogP contribution in [0.1, 0.15) is 58.3 Å². The highest BCUT2D eigenvalue weighted by atomic mass is 32.2. The Morgan fingerprint density at radius 1 is 1.15 bits per heavy atom. The van der Waals surface area contributed by atoms with Crippen LogP contribution in [-0.4, -0.2) is 39.8 Å². The number of ether oxygens (including phenoxy) is 1. The number of amides is 1. The number of anilines is 1. The van der Waals surface area contributed by atoms with E-state index in [2.05, 4.69) is 5.32 Å². The van der Waals surface area contributed by atoms with Crippen LogP contribution < -0.4 is 14.4 Å². The Morgan fingerprint density at radius 3 is 2.22 bits per heavy atom. The molecule has 1 amide bonds. The molecule has 152 valence electrons. The second kappa shape index (κ2) is 9.97. The molecule has 27 heavy (non-hydrogen) atoms. The fourth-order valence-corrected chi connectivity index (χ4v) is 3.81. The lowest BCUT2D eigenvalue weighted by Gasteiger charge is -2.24. The van der Waals surface area contributed by atoms with Crippen molar-refractivity contribution in [3.05, 3.63) is 24.3 Å². The zero-order chi connectivity index (χ0) is 19.9. The van der Waals surface area contributed by atoms with Gasteiger partial charge in [-0.3, -0.25) is 9.10 Å². The second-order valence-electron chi connectivity index (χ2n) is 7.29. The average Bonchev–Trinajstić information content (AvgIpc) is 2.60. The number of hydrogen-bond acceptors (Lipinski definition) is 4. The van der Waals surface area contributed by atoms with E-state index in [9.17, 15) is 13.2 Å². The molecule has 1 aromatic carbocycles. The summed E-state index contributed by atoms with van der Waals surface area (Å²) in [4.78, 5) is 12.6. The van der Waals surface area contributed by atoms with Gasteiger partial charge >= 0.3 is 0 Å². The van der Waals surface area contributed by atoms with E-state index in [4.69, 9.17) is 4.74 Å². The number of nitrogens with zero attached hydrogens (tertiary/aromatic N) is 1. The molecule has 0 heterocycles. The number of sulfonamides is 1. The van der Waals surface area contributed by atoms with Crippen molar-refractivity contribution < 1.29 is 17.9 Å². The molecule has 0 saturated heterocycles. The first kappa shape index (κ1) is 21.5. The van der Waals surface area contributed by atoms with Crippen molar-refractivity contribution in [2.75, 3.05) is 17.6 Å². The van der Waals surface area contributed by atoms with Crippen molar-refractivity contribution in [2.45, 2.75) is 70.4 Å². The molecule has 1 aromatic rings. The lowest BCUT2D eigenvalue weighted by Crippen LogP contribution is -2.43. The molecule has 1 atom stereocenters. The van der Waals surface area contributed by atoms with Gasteiger partial charge < -0.3 is 10.1 Å². The smallest absolute Gasteiger partial charge is 0.261 e. The van der Waals surface area contributed by atoms with Crippen molar-refractivity contribution in [1.82, 2.24) is 5.32 Å². The summed E-state index contributed by atoms with van der Waals surface area (Å²) < 4.78 is 30.3. The van der Waals surface area contributed by atoms with E-state index in [0.29, 0.717) is 17.9 Å². The third-order valence-electron chi connectivity index (χ3n) is 5.09. The zero-order valence-electron chi connectivity index (χ0n) is 16.6. The number of rotatable bonds is 7. The summed E-state index contributed by atoms with van der Waals surface area (Å²) in [5.41, 5.74) is 0.553. The Morgan fingerprint density at radius 2 is 1.70 bits per heavy atom. The molecule has 6 nitrogen and oxygen atoms in total. The minimum Gasteiger partial charge on any atom is -0.481 e. The van der Waals surface area contributed by atoms with Crippen molar-refractivity contribution in [3.8, 4) is 5.75 Å². The van der Waals surface area contributed by atoms with E-state index >= 15 is 0 Å². The van der Waals surface area contributed by atoms with E-state index in [1.54, 1.807) is 24.3 Å². The maximum atomic E-state index is 12.6. The molecule has 1 aliphatic carbocycles. The van der Waals surface area contributed by atoms with E-state index in [-0.39, 0.29) is 11.9 Å². The van der Waals surface area contributed by atoms with Crippen LogP contribution in [0.2, 0.25) is 0 Å². The molecular weight excluding hydrogens is 364 g/mol. The first-order valence-corrected chi connectivity index (χ1v) is 11.7. The van der Waals surface area contributed by atoms with Gasteiger partial charge in [-0.2, -0.15) is 0 Å². The summed E-state index contributed by atoms with van der Waals surface area (Å²) in [6, 6.07) is 6.98. The molecule has 1 aliphatic rings. The zero-order valence-corrected chi connectivity index (χ0v) is 17.4. The monoisotopic (exact) mass is 396 g/mol. The second-order valence-corrected chi connectivity index (χ2v) is 9.30. The van der Waals surface area contributed by atoms with Gasteiger partial charge in [-0.15, -0.1) is 0 Å². The SMILES string of the molecule is CC[C@@H](Oc1ccc(N(C)S(C)(=O)=O)cc1)C(=O)NC1CCCCCCC1. The average molecular weight is 397 g/mol. The number of hydrogen-bond donors (Lipinski definition) is 1. The van der Waals surface area contributed by atoms with E-state index in [1.807, 2.05) is 6.92 Å². The van der Waals surface area contributed by atoms with E-state index in [0.717, 1.165) is 31.9 Å². The van der Waals surface area contributed by atoms with Gasteiger partial charge in [0.25, 0.3) is 5.91 Å². The molecule has 0 radical (unpaired) electrons. The van der Waals surface area contributed by atoms with Crippen LogP contribution in [0.15, 0.2) is 24.3 Å². The summed E-state index contributed by atoms with van der Waals surface area (Å²) in [6.07, 6.45) is 9.37. The van der Waals surface area contributed by atoms with Crippen LogP contribution in [0.5, 0.6) is 5.75 Å². The quantitative estimate of drug-likeness (QED) is 0.766. The Balaban J connectivity index is 1.95. The van der Waals surface area contributed by atoms with Crippen molar-refractivity contribution in [1.29, 1.82) is 0 Å². The van der Waals surface area contributed by atoms with Crippen LogP contribution in [-0.2, 0) is 14.8 Å². The van der Waals surface area contributed by atoms with Crippen molar-refractivity contribution in [3.63, 3.8) is 0 Å². The molecule has 0 bridgehead atoms. The lowest BCUT2D eigenvalue weighted by atomic mass is 9.96. The predicted octanol–water partition coefficient (Wildman–Crippen LogP) is 3.47. The molecule has 1 saturated carbocycles. The van der Waals surface area contributed by atoms with Crippen molar-refractivity contribution in [2.24, 2.45) is 0 Å². The van der Waals surface area contributed by atoms with Gasteiger partial charge in [0.2, 0.25) is 10.0 Å². The highest BCUT2D eigenvalue weighted by molar-refractivity contribution is 7.92. The molecule has 1 N–H and O–H groups in total. The van der Waals surface area contributed by atoms with Crippen LogP contribution in [0, 0.1) is 0 Å². The summed E-state index contributed by atoms with van der Waals surface area (Å²) in [7, 11) is -1.80. The molecule has 2 rings (SSSR count). The van der Waals surface area contributed by atoms with E-state index in [1.165, 1.54) is 30.6 Å². The largest absolute Gasteiger partial charge is 0.481 e. The number of carbonyl (C=O) groups is 1. The Bertz CT molecular complexity index is 695. The van der Waals surface area contributed by atoms with E-state index < -0.39 is 16.1 Å². The summed E-state index contributed by atoms with van der Waals surface area (Å²) in [5, 5.41) is 3.16. The van der Waals surface area contributed by atoms with Gasteiger partial charge in [0, 0.05) is 13.1 Å². The lowest BCUT2D eigenvalue weighted by molar-refractivity contribution is -0.129. The molecule has 0 aliphatic heterocycles. The van der Waals surface area contributed by atoms with Gasteiger partial charge in [-0.25, -0.2) is 8.42 Å². The summed E-state index contributed by atoms with van der Waals surface area (Å²) in [6.45, 7) is 1.92. The Labute approximate surface area is 163 Å². The molecule has 0 aromatic heterocycles. The third-order valence-corrected chi connectivity index (χ3v) is 6.30. The fraction of sp³-hybridized carbons (Fsp3) is 0.650. The number of nitrogens with one attached hydrogen (secondary N) is 1. The van der Waals surface area contributed by atoms with Gasteiger partial charge in [0.15, 0.2) is 6.10 Å². The van der Waals surface area contributed by atoms with Crippen LogP contribution in [0.4, 0.5) is 5.69 Å². The first-order chi connectivity index (χ1) is 12.8. The molecule has 0 unspecified atom stereocenters. The standard InChI is InChI=1S/C20H32N2O4S/c1-4-19(20(23)21-16-10-8-6-5-7-9-11-16)26-18-14-12-17(13-15-18)22(2)27(3,24)25/h12-16,19H,4-11H2,1-3H3,(H,21,23)/t19-/m1/s1. The fourth-order valence-electron chi connectivity index (χ4n) is 3.31. The summed E-state index contributed by atoms with van der Waals surface area (Å²) in [5.74, 6) is 0.487. The van der Waals surface area contributed by atoms with Gasteiger partial charge in [-0.05, 0) is 43.5 Å². The predicted molar refractivity (Wildman–Crippen MR) is 109 cm³/mol. The van der Waals surface area contributed by atoms with Gasteiger partial charge in [-0.1, -0.05) is 39.0 Å². The number of benzene rings is 1.